The molecule has 2 heterocycles. The number of morpholine rings is 1. The van der Waals surface area contributed by atoms with Crippen LogP contribution in [0.5, 0.6) is 17.2 Å². The Morgan fingerprint density at radius 2 is 1.74 bits per heavy atom. The maximum Gasteiger partial charge on any atom is 0.233 e. The number of fused-ring (bicyclic) bond motifs is 1. The number of anilines is 1. The van der Waals surface area contributed by atoms with Gasteiger partial charge in [-0.15, -0.1) is 0 Å². The molecule has 1 saturated heterocycles. The van der Waals surface area contributed by atoms with Crippen molar-refractivity contribution in [3.63, 3.8) is 0 Å². The molecule has 0 spiro atoms. The van der Waals surface area contributed by atoms with Crippen molar-refractivity contribution in [3.8, 4) is 17.2 Å². The molecule has 1 fully saturated rings. The molecular weight excluding hydrogens is 454 g/mol. The Labute approximate surface area is 204 Å². The summed E-state index contributed by atoms with van der Waals surface area (Å²) in [7, 11) is 4.89. The van der Waals surface area contributed by atoms with Gasteiger partial charge in [-0.05, 0) is 36.2 Å². The molecule has 4 rings (SSSR count). The summed E-state index contributed by atoms with van der Waals surface area (Å²) in [5, 5.41) is 0.651. The fraction of sp³-hybridized carbons (Fsp3) is 0.440. The third kappa shape index (κ3) is 5.60. The zero-order chi connectivity index (χ0) is 23.9. The van der Waals surface area contributed by atoms with E-state index in [1.54, 1.807) is 26.2 Å². The molecule has 0 N–H and O–H groups in total. The van der Waals surface area contributed by atoms with Crippen molar-refractivity contribution in [2.24, 2.45) is 0 Å². The van der Waals surface area contributed by atoms with Gasteiger partial charge in [0.1, 0.15) is 27.5 Å². The van der Waals surface area contributed by atoms with E-state index in [1.807, 2.05) is 36.4 Å². The fourth-order valence-electron chi connectivity index (χ4n) is 4.01. The Kier molecular flexibility index (Phi) is 8.21. The Morgan fingerprint density at radius 3 is 2.41 bits per heavy atom. The lowest BCUT2D eigenvalue weighted by Crippen LogP contribution is -2.39. The van der Waals surface area contributed by atoms with Gasteiger partial charge in [0, 0.05) is 26.2 Å². The summed E-state index contributed by atoms with van der Waals surface area (Å²) in [5.74, 6) is 2.15. The number of hydrogen-bond donors (Lipinski definition) is 0. The molecule has 8 nitrogen and oxygen atoms in total. The maximum atomic E-state index is 13.5. The number of carbonyl (C=O) groups excluding carboxylic acids is 1. The van der Waals surface area contributed by atoms with Crippen LogP contribution in [0.25, 0.3) is 10.2 Å². The Balaban J connectivity index is 1.58. The minimum Gasteiger partial charge on any atom is -0.497 e. The van der Waals surface area contributed by atoms with Crippen LogP contribution < -0.4 is 19.1 Å². The lowest BCUT2D eigenvalue weighted by molar-refractivity contribution is -0.118. The minimum absolute atomic E-state index is 0.00383. The Hall–Kier alpha value is -2.88. The van der Waals surface area contributed by atoms with Crippen LogP contribution in [0.1, 0.15) is 12.0 Å². The largest absolute Gasteiger partial charge is 0.497 e. The number of aromatic nitrogens is 1. The van der Waals surface area contributed by atoms with E-state index in [-0.39, 0.29) is 12.3 Å². The number of hydrogen-bond acceptors (Lipinski definition) is 8. The molecule has 34 heavy (non-hydrogen) atoms. The Bertz CT molecular complexity index is 1050. The Morgan fingerprint density at radius 1 is 1.03 bits per heavy atom. The van der Waals surface area contributed by atoms with Gasteiger partial charge >= 0.3 is 0 Å². The van der Waals surface area contributed by atoms with Crippen molar-refractivity contribution in [1.82, 2.24) is 9.88 Å². The third-order valence-electron chi connectivity index (χ3n) is 5.91. The van der Waals surface area contributed by atoms with Gasteiger partial charge in [0.25, 0.3) is 0 Å². The molecule has 1 amide bonds. The molecule has 0 unspecified atom stereocenters. The van der Waals surface area contributed by atoms with Crippen LogP contribution in [0.3, 0.4) is 0 Å². The zero-order valence-corrected chi connectivity index (χ0v) is 20.7. The number of amides is 1. The van der Waals surface area contributed by atoms with Crippen LogP contribution in [0, 0.1) is 0 Å². The summed E-state index contributed by atoms with van der Waals surface area (Å²) >= 11 is 1.45. The molecule has 2 aromatic carbocycles. The predicted octanol–water partition coefficient (Wildman–Crippen LogP) is 3.62. The monoisotopic (exact) mass is 485 g/mol. The van der Waals surface area contributed by atoms with Crippen molar-refractivity contribution in [2.45, 2.75) is 12.8 Å². The van der Waals surface area contributed by atoms with Gasteiger partial charge in [0.05, 0.1) is 41.0 Å². The highest BCUT2D eigenvalue weighted by Gasteiger charge is 2.23. The summed E-state index contributed by atoms with van der Waals surface area (Å²) < 4.78 is 22.6. The van der Waals surface area contributed by atoms with Crippen LogP contribution in [-0.2, 0) is 16.0 Å². The average molecular weight is 486 g/mol. The van der Waals surface area contributed by atoms with E-state index in [1.165, 1.54) is 11.3 Å². The first-order valence-corrected chi connectivity index (χ1v) is 12.2. The number of nitrogens with zero attached hydrogens (tertiary/aromatic N) is 3. The molecule has 0 radical (unpaired) electrons. The van der Waals surface area contributed by atoms with Crippen molar-refractivity contribution in [1.29, 1.82) is 0 Å². The molecule has 0 aliphatic carbocycles. The van der Waals surface area contributed by atoms with Gasteiger partial charge in [-0.3, -0.25) is 14.6 Å². The molecule has 0 bridgehead atoms. The molecular formula is C25H31N3O5S. The van der Waals surface area contributed by atoms with Crippen LogP contribution in [0.4, 0.5) is 5.13 Å². The molecule has 9 heteroatoms. The molecule has 0 saturated carbocycles. The standard InChI is InChI=1S/C25H31N3O5S/c1-30-19-7-5-18(6-8-19)17-22(29)28(12-4-11-27-13-15-33-16-14-27)25-26-23-20(31-2)9-10-21(32-3)24(23)34-25/h5-10H,4,11-17H2,1-3H3. The molecule has 3 aromatic rings. The van der Waals surface area contributed by atoms with E-state index in [0.717, 1.165) is 61.0 Å². The first-order valence-electron chi connectivity index (χ1n) is 11.4. The molecule has 1 aliphatic rings. The van der Waals surface area contributed by atoms with Gasteiger partial charge < -0.3 is 18.9 Å². The van der Waals surface area contributed by atoms with E-state index in [4.69, 9.17) is 23.9 Å². The van der Waals surface area contributed by atoms with E-state index >= 15 is 0 Å². The van der Waals surface area contributed by atoms with E-state index < -0.39 is 0 Å². The molecule has 1 aliphatic heterocycles. The second-order valence-electron chi connectivity index (χ2n) is 8.02. The summed E-state index contributed by atoms with van der Waals surface area (Å²) in [6.07, 6.45) is 1.13. The highest BCUT2D eigenvalue weighted by molar-refractivity contribution is 7.22. The second kappa shape index (κ2) is 11.5. The van der Waals surface area contributed by atoms with E-state index in [9.17, 15) is 4.79 Å². The van der Waals surface area contributed by atoms with E-state index in [2.05, 4.69) is 4.90 Å². The van der Waals surface area contributed by atoms with Crippen LogP contribution in [-0.4, -0.2) is 76.5 Å². The van der Waals surface area contributed by atoms with Gasteiger partial charge in [0.15, 0.2) is 5.13 Å². The average Bonchev–Trinajstić information content (AvgIpc) is 3.32. The van der Waals surface area contributed by atoms with Crippen molar-refractivity contribution >= 4 is 32.6 Å². The van der Waals surface area contributed by atoms with Crippen LogP contribution in [0.15, 0.2) is 36.4 Å². The van der Waals surface area contributed by atoms with Gasteiger partial charge in [-0.2, -0.15) is 0 Å². The summed E-state index contributed by atoms with van der Waals surface area (Å²) in [4.78, 5) is 22.5. The molecule has 1 aromatic heterocycles. The summed E-state index contributed by atoms with van der Waals surface area (Å²) in [5.41, 5.74) is 1.64. The quantitative estimate of drug-likeness (QED) is 0.434. The van der Waals surface area contributed by atoms with Gasteiger partial charge in [-0.1, -0.05) is 23.5 Å². The van der Waals surface area contributed by atoms with E-state index in [0.29, 0.717) is 22.9 Å². The summed E-state index contributed by atoms with van der Waals surface area (Å²) in [6, 6.07) is 11.3. The van der Waals surface area contributed by atoms with Gasteiger partial charge in [0.2, 0.25) is 5.91 Å². The van der Waals surface area contributed by atoms with Crippen molar-refractivity contribution in [3.05, 3.63) is 42.0 Å². The molecule has 0 atom stereocenters. The van der Waals surface area contributed by atoms with Gasteiger partial charge in [-0.25, -0.2) is 4.98 Å². The van der Waals surface area contributed by atoms with Crippen molar-refractivity contribution < 1.29 is 23.7 Å². The number of benzene rings is 2. The SMILES string of the molecule is COc1ccc(CC(=O)N(CCCN2CCOCC2)c2nc3c(OC)ccc(OC)c3s2)cc1. The summed E-state index contributed by atoms with van der Waals surface area (Å²) in [6.45, 7) is 4.86. The van der Waals surface area contributed by atoms with Crippen molar-refractivity contribution in [2.75, 3.05) is 65.6 Å². The van der Waals surface area contributed by atoms with Crippen LogP contribution in [0.2, 0.25) is 0 Å². The predicted molar refractivity (Wildman–Crippen MR) is 134 cm³/mol. The number of thiazole rings is 1. The third-order valence-corrected chi connectivity index (χ3v) is 7.00. The molecule has 182 valence electrons. The first-order chi connectivity index (χ1) is 16.6. The topological polar surface area (TPSA) is 73.4 Å². The number of carbonyl (C=O) groups is 1. The second-order valence-corrected chi connectivity index (χ2v) is 9.00. The minimum atomic E-state index is 0.00383. The number of methoxy groups -OCH3 is 3. The lowest BCUT2D eigenvalue weighted by atomic mass is 10.1. The first kappa shape index (κ1) is 24.3. The zero-order valence-electron chi connectivity index (χ0n) is 19.9. The number of rotatable bonds is 10. The number of ether oxygens (including phenoxy) is 4. The fourth-order valence-corrected chi connectivity index (χ4v) is 5.13. The normalized spacial score (nSPS) is 14.2. The maximum absolute atomic E-state index is 13.5. The van der Waals surface area contributed by atoms with Crippen LogP contribution >= 0.6 is 11.3 Å². The highest BCUT2D eigenvalue weighted by atomic mass is 32.1. The smallest absolute Gasteiger partial charge is 0.233 e. The lowest BCUT2D eigenvalue weighted by Gasteiger charge is -2.27. The highest BCUT2D eigenvalue weighted by Crippen LogP contribution is 2.40.